The fourth-order valence-corrected chi connectivity index (χ4v) is 1.98. The Bertz CT molecular complexity index is 693. The number of halogens is 2. The summed E-state index contributed by atoms with van der Waals surface area (Å²) in [5.74, 6) is 0.608. The van der Waals surface area contributed by atoms with Gasteiger partial charge in [0, 0.05) is 10.8 Å². The van der Waals surface area contributed by atoms with E-state index in [9.17, 15) is 0 Å². The zero-order chi connectivity index (χ0) is 11.8. The monoisotopic (exact) mass is 264 g/mol. The van der Waals surface area contributed by atoms with Gasteiger partial charge in [-0.25, -0.2) is 4.68 Å². The molecular weight excluding hydrogens is 259 g/mol. The first kappa shape index (κ1) is 10.5. The van der Waals surface area contributed by atoms with Gasteiger partial charge in [-0.15, -0.1) is 10.2 Å². The Labute approximate surface area is 107 Å². The lowest BCUT2D eigenvalue weighted by atomic mass is 10.2. The molecular formula is C11H6Cl2N4. The maximum absolute atomic E-state index is 5.99. The molecule has 0 saturated heterocycles. The standard InChI is InChI=1S/C11H6Cl2N4/c12-7-5-14-17(6-7)11-9-4-2-1-3-8(9)10(13)15-16-11/h1-6H. The molecule has 17 heavy (non-hydrogen) atoms. The molecule has 3 rings (SSSR count). The Morgan fingerprint density at radius 3 is 2.47 bits per heavy atom. The molecule has 0 radical (unpaired) electrons. The summed E-state index contributed by atoms with van der Waals surface area (Å²) in [5, 5.41) is 14.7. The van der Waals surface area contributed by atoms with Gasteiger partial charge in [-0.05, 0) is 0 Å². The third kappa shape index (κ3) is 1.75. The summed E-state index contributed by atoms with van der Waals surface area (Å²) in [6.45, 7) is 0. The lowest BCUT2D eigenvalue weighted by Gasteiger charge is -2.05. The van der Waals surface area contributed by atoms with Crippen molar-refractivity contribution in [1.29, 1.82) is 0 Å². The predicted molar refractivity (Wildman–Crippen MR) is 66.7 cm³/mol. The molecule has 0 aliphatic carbocycles. The van der Waals surface area contributed by atoms with E-state index in [4.69, 9.17) is 23.2 Å². The van der Waals surface area contributed by atoms with Crippen LogP contribution in [0.25, 0.3) is 16.6 Å². The molecule has 3 aromatic rings. The molecule has 0 aliphatic rings. The zero-order valence-electron chi connectivity index (χ0n) is 8.51. The highest BCUT2D eigenvalue weighted by Gasteiger charge is 2.09. The van der Waals surface area contributed by atoms with E-state index in [0.717, 1.165) is 10.8 Å². The van der Waals surface area contributed by atoms with Crippen LogP contribution in [0.3, 0.4) is 0 Å². The molecule has 0 bridgehead atoms. The maximum Gasteiger partial charge on any atom is 0.183 e. The minimum absolute atomic E-state index is 0.377. The molecule has 0 spiro atoms. The first-order valence-electron chi connectivity index (χ1n) is 4.87. The van der Waals surface area contributed by atoms with Crippen LogP contribution in [0.4, 0.5) is 0 Å². The molecule has 0 amide bonds. The summed E-state index contributed by atoms with van der Waals surface area (Å²) in [5.41, 5.74) is 0. The van der Waals surface area contributed by atoms with Gasteiger partial charge in [0.2, 0.25) is 0 Å². The topological polar surface area (TPSA) is 43.6 Å². The van der Waals surface area contributed by atoms with Crippen molar-refractivity contribution in [1.82, 2.24) is 20.0 Å². The quantitative estimate of drug-likeness (QED) is 0.679. The van der Waals surface area contributed by atoms with Crippen molar-refractivity contribution in [2.75, 3.05) is 0 Å². The van der Waals surface area contributed by atoms with Crippen LogP contribution in [0, 0.1) is 0 Å². The van der Waals surface area contributed by atoms with Crippen LogP contribution in [0.1, 0.15) is 0 Å². The third-order valence-corrected chi connectivity index (χ3v) is 2.87. The largest absolute Gasteiger partial charge is 0.219 e. The molecule has 2 heterocycles. The Morgan fingerprint density at radius 1 is 1.00 bits per heavy atom. The normalized spacial score (nSPS) is 10.9. The van der Waals surface area contributed by atoms with Crippen molar-refractivity contribution in [3.63, 3.8) is 0 Å². The van der Waals surface area contributed by atoms with E-state index in [-0.39, 0.29) is 0 Å². The van der Waals surface area contributed by atoms with Crippen LogP contribution in [0.5, 0.6) is 0 Å². The molecule has 6 heteroatoms. The SMILES string of the molecule is Clc1cnn(-c2nnc(Cl)c3ccccc23)c1. The van der Waals surface area contributed by atoms with Gasteiger partial charge in [-0.3, -0.25) is 0 Å². The molecule has 0 aliphatic heterocycles. The highest BCUT2D eigenvalue weighted by atomic mass is 35.5. The first-order chi connectivity index (χ1) is 8.25. The van der Waals surface area contributed by atoms with Crippen molar-refractivity contribution >= 4 is 34.0 Å². The second-order valence-electron chi connectivity index (χ2n) is 3.46. The number of benzene rings is 1. The summed E-state index contributed by atoms with van der Waals surface area (Å²) >= 11 is 11.8. The first-order valence-corrected chi connectivity index (χ1v) is 5.63. The van der Waals surface area contributed by atoms with Gasteiger partial charge in [0.15, 0.2) is 11.0 Å². The average molecular weight is 265 g/mol. The number of hydrogen-bond acceptors (Lipinski definition) is 3. The second kappa shape index (κ2) is 3.98. The minimum atomic E-state index is 0.377. The van der Waals surface area contributed by atoms with Crippen molar-refractivity contribution < 1.29 is 0 Å². The number of rotatable bonds is 1. The van der Waals surface area contributed by atoms with Crippen molar-refractivity contribution in [2.45, 2.75) is 0 Å². The third-order valence-electron chi connectivity index (χ3n) is 2.39. The zero-order valence-corrected chi connectivity index (χ0v) is 10.0. The molecule has 2 aromatic heterocycles. The van der Waals surface area contributed by atoms with E-state index in [1.54, 1.807) is 17.1 Å². The molecule has 0 fully saturated rings. The Morgan fingerprint density at radius 2 is 1.76 bits per heavy atom. The average Bonchev–Trinajstić information content (AvgIpc) is 2.77. The van der Waals surface area contributed by atoms with Gasteiger partial charge < -0.3 is 0 Å². The molecule has 1 aromatic carbocycles. The summed E-state index contributed by atoms with van der Waals surface area (Å²) in [6.07, 6.45) is 3.22. The summed E-state index contributed by atoms with van der Waals surface area (Å²) < 4.78 is 1.58. The van der Waals surface area contributed by atoms with E-state index in [1.165, 1.54) is 0 Å². The van der Waals surface area contributed by atoms with E-state index in [0.29, 0.717) is 16.0 Å². The van der Waals surface area contributed by atoms with E-state index in [1.807, 2.05) is 24.3 Å². The van der Waals surface area contributed by atoms with Crippen molar-refractivity contribution in [2.24, 2.45) is 0 Å². The lowest BCUT2D eigenvalue weighted by molar-refractivity contribution is 0.826. The van der Waals surface area contributed by atoms with Gasteiger partial charge in [-0.2, -0.15) is 5.10 Å². The van der Waals surface area contributed by atoms with Crippen LogP contribution in [0.15, 0.2) is 36.7 Å². The molecule has 84 valence electrons. The van der Waals surface area contributed by atoms with Crippen LogP contribution in [-0.4, -0.2) is 20.0 Å². The predicted octanol–water partition coefficient (Wildman–Crippen LogP) is 3.12. The van der Waals surface area contributed by atoms with E-state index in [2.05, 4.69) is 15.3 Å². The summed E-state index contributed by atoms with van der Waals surface area (Å²) in [6, 6.07) is 7.62. The fourth-order valence-electron chi connectivity index (χ4n) is 1.64. The highest BCUT2D eigenvalue weighted by Crippen LogP contribution is 2.24. The summed E-state index contributed by atoms with van der Waals surface area (Å²) in [4.78, 5) is 0. The smallest absolute Gasteiger partial charge is 0.183 e. The molecule has 0 atom stereocenters. The Balaban J connectivity index is 2.34. The van der Waals surface area contributed by atoms with Crippen LogP contribution < -0.4 is 0 Å². The van der Waals surface area contributed by atoms with E-state index < -0.39 is 0 Å². The van der Waals surface area contributed by atoms with Gasteiger partial charge in [0.05, 0.1) is 17.4 Å². The fraction of sp³-hybridized carbons (Fsp3) is 0. The Kier molecular flexibility index (Phi) is 2.46. The molecule has 0 unspecified atom stereocenters. The number of hydrogen-bond donors (Lipinski definition) is 0. The molecule has 0 N–H and O–H groups in total. The number of nitrogens with zero attached hydrogens (tertiary/aromatic N) is 4. The molecule has 0 saturated carbocycles. The van der Waals surface area contributed by atoms with Gasteiger partial charge in [-0.1, -0.05) is 47.5 Å². The number of aromatic nitrogens is 4. The Hall–Kier alpha value is -1.65. The van der Waals surface area contributed by atoms with Crippen LogP contribution >= 0.6 is 23.2 Å². The van der Waals surface area contributed by atoms with Crippen molar-refractivity contribution in [3.05, 3.63) is 46.8 Å². The highest BCUT2D eigenvalue weighted by molar-refractivity contribution is 6.34. The van der Waals surface area contributed by atoms with Crippen molar-refractivity contribution in [3.8, 4) is 5.82 Å². The van der Waals surface area contributed by atoms with Gasteiger partial charge in [0.25, 0.3) is 0 Å². The van der Waals surface area contributed by atoms with Crippen LogP contribution in [0.2, 0.25) is 10.2 Å². The van der Waals surface area contributed by atoms with Gasteiger partial charge >= 0.3 is 0 Å². The second-order valence-corrected chi connectivity index (χ2v) is 4.26. The maximum atomic E-state index is 5.99. The summed E-state index contributed by atoms with van der Waals surface area (Å²) in [7, 11) is 0. The van der Waals surface area contributed by atoms with Crippen LogP contribution in [-0.2, 0) is 0 Å². The minimum Gasteiger partial charge on any atom is -0.219 e. The van der Waals surface area contributed by atoms with Gasteiger partial charge in [0.1, 0.15) is 0 Å². The lowest BCUT2D eigenvalue weighted by Crippen LogP contribution is -2.01. The number of fused-ring (bicyclic) bond motifs is 1. The molecule has 4 nitrogen and oxygen atoms in total. The van der Waals surface area contributed by atoms with E-state index >= 15 is 0 Å².